The lowest BCUT2D eigenvalue weighted by atomic mass is 10.2. The number of benzene rings is 1. The normalized spacial score (nSPS) is 10.4. The Hall–Kier alpha value is -3.02. The summed E-state index contributed by atoms with van der Waals surface area (Å²) >= 11 is 0. The topological polar surface area (TPSA) is 83.5 Å². The number of aromatic nitrogens is 1. The van der Waals surface area contributed by atoms with Gasteiger partial charge < -0.3 is 5.32 Å². The Balaban J connectivity index is 1.69. The number of carbonyl (C=O) groups excluding carboxylic acids is 2. The number of nitrogens with one attached hydrogen (secondary N) is 2. The highest BCUT2D eigenvalue weighted by atomic mass is 16.2. The fraction of sp³-hybridized carbons (Fsp3) is 0.125. The number of rotatable bonds is 6. The predicted octanol–water partition coefficient (Wildman–Crippen LogP) is 1.95. The van der Waals surface area contributed by atoms with Crippen molar-refractivity contribution in [3.63, 3.8) is 0 Å². The third-order valence-corrected chi connectivity index (χ3v) is 2.72. The molecule has 2 amide bonds. The van der Waals surface area contributed by atoms with Crippen molar-refractivity contribution in [3.8, 4) is 0 Å². The molecule has 0 saturated carbocycles. The molecule has 1 aromatic carbocycles. The summed E-state index contributed by atoms with van der Waals surface area (Å²) in [5.74, 6) is -0.527. The second-order valence-corrected chi connectivity index (χ2v) is 4.49. The second-order valence-electron chi connectivity index (χ2n) is 4.49. The first-order chi connectivity index (χ1) is 10.7. The smallest absolute Gasteiger partial charge is 0.240 e. The van der Waals surface area contributed by atoms with Gasteiger partial charge in [0.2, 0.25) is 11.8 Å². The van der Waals surface area contributed by atoms with Crippen molar-refractivity contribution >= 4 is 23.7 Å². The van der Waals surface area contributed by atoms with Crippen LogP contribution in [0.4, 0.5) is 5.69 Å². The first-order valence-corrected chi connectivity index (χ1v) is 6.81. The molecule has 0 aliphatic carbocycles. The molecule has 1 heterocycles. The minimum atomic E-state index is -0.316. The largest absolute Gasteiger partial charge is 0.326 e. The maximum Gasteiger partial charge on any atom is 0.240 e. The molecule has 2 rings (SSSR count). The monoisotopic (exact) mass is 296 g/mol. The molecule has 2 aromatic rings. The molecule has 0 aliphatic heterocycles. The molecular weight excluding hydrogens is 280 g/mol. The van der Waals surface area contributed by atoms with Gasteiger partial charge >= 0.3 is 0 Å². The van der Waals surface area contributed by atoms with Crippen molar-refractivity contribution < 1.29 is 9.59 Å². The molecule has 6 heteroatoms. The van der Waals surface area contributed by atoms with Gasteiger partial charge in [0.1, 0.15) is 0 Å². The van der Waals surface area contributed by atoms with Crippen molar-refractivity contribution in [1.29, 1.82) is 0 Å². The van der Waals surface area contributed by atoms with Gasteiger partial charge in [0.05, 0.1) is 6.21 Å². The van der Waals surface area contributed by atoms with Gasteiger partial charge in [-0.25, -0.2) is 5.43 Å². The lowest BCUT2D eigenvalue weighted by molar-refractivity contribution is -0.124. The van der Waals surface area contributed by atoms with Crippen LogP contribution in [0.15, 0.2) is 60.0 Å². The Kier molecular flexibility index (Phi) is 5.80. The van der Waals surface area contributed by atoms with Gasteiger partial charge in [-0.1, -0.05) is 24.3 Å². The van der Waals surface area contributed by atoms with Crippen LogP contribution in [0.2, 0.25) is 0 Å². The van der Waals surface area contributed by atoms with E-state index in [2.05, 4.69) is 20.8 Å². The number of carbonyl (C=O) groups is 2. The quantitative estimate of drug-likeness (QED) is 0.631. The van der Waals surface area contributed by atoms with Crippen LogP contribution in [0.25, 0.3) is 0 Å². The lowest BCUT2D eigenvalue weighted by Gasteiger charge is -2.04. The van der Waals surface area contributed by atoms with Crippen molar-refractivity contribution in [2.24, 2.45) is 5.10 Å². The summed E-state index contributed by atoms with van der Waals surface area (Å²) in [4.78, 5) is 27.2. The minimum absolute atomic E-state index is 0.0725. The number of para-hydroxylation sites is 1. The number of pyridine rings is 1. The molecule has 6 nitrogen and oxygen atoms in total. The Bertz CT molecular complexity index is 642. The van der Waals surface area contributed by atoms with Crippen LogP contribution in [-0.2, 0) is 9.59 Å². The number of hydrogen-bond donors (Lipinski definition) is 2. The van der Waals surface area contributed by atoms with Crippen molar-refractivity contribution in [3.05, 3.63) is 60.4 Å². The number of anilines is 1. The highest BCUT2D eigenvalue weighted by molar-refractivity contribution is 5.93. The average Bonchev–Trinajstić information content (AvgIpc) is 2.55. The van der Waals surface area contributed by atoms with Crippen molar-refractivity contribution in [1.82, 2.24) is 10.4 Å². The highest BCUT2D eigenvalue weighted by Gasteiger charge is 2.06. The number of amides is 2. The third-order valence-electron chi connectivity index (χ3n) is 2.72. The fourth-order valence-corrected chi connectivity index (χ4v) is 1.66. The first-order valence-electron chi connectivity index (χ1n) is 6.81. The summed E-state index contributed by atoms with van der Waals surface area (Å²) in [7, 11) is 0. The van der Waals surface area contributed by atoms with Gasteiger partial charge in [-0.05, 0) is 18.2 Å². The summed E-state index contributed by atoms with van der Waals surface area (Å²) in [6.07, 6.45) is 4.95. The summed E-state index contributed by atoms with van der Waals surface area (Å²) in [5.41, 5.74) is 3.87. The number of hydrazone groups is 1. The molecule has 0 radical (unpaired) electrons. The Morgan fingerprint density at radius 2 is 1.82 bits per heavy atom. The molecule has 0 spiro atoms. The standard InChI is InChI=1S/C16H16N4O2/c21-15(19-14-6-2-1-3-7-14)8-9-16(22)20-18-12-13-5-4-10-17-11-13/h1-7,10-12H,8-9H2,(H,19,21)(H,20,22)/b18-12-. The van der Waals surface area contributed by atoms with Gasteiger partial charge in [0.15, 0.2) is 0 Å². The third kappa shape index (κ3) is 5.54. The van der Waals surface area contributed by atoms with Gasteiger partial charge in [0.25, 0.3) is 0 Å². The Morgan fingerprint density at radius 1 is 1.05 bits per heavy atom. The Morgan fingerprint density at radius 3 is 2.55 bits per heavy atom. The van der Waals surface area contributed by atoms with E-state index in [1.165, 1.54) is 6.21 Å². The molecule has 2 N–H and O–H groups in total. The minimum Gasteiger partial charge on any atom is -0.326 e. The summed E-state index contributed by atoms with van der Waals surface area (Å²) < 4.78 is 0. The van der Waals surface area contributed by atoms with E-state index in [-0.39, 0.29) is 24.7 Å². The van der Waals surface area contributed by atoms with Crippen molar-refractivity contribution in [2.45, 2.75) is 12.8 Å². The van der Waals surface area contributed by atoms with Gasteiger partial charge in [-0.15, -0.1) is 0 Å². The summed E-state index contributed by atoms with van der Waals surface area (Å²) in [6, 6.07) is 12.7. The molecule has 0 unspecified atom stereocenters. The number of nitrogens with zero attached hydrogens (tertiary/aromatic N) is 2. The maximum absolute atomic E-state index is 11.7. The molecule has 1 aromatic heterocycles. The van der Waals surface area contributed by atoms with E-state index in [1.54, 1.807) is 30.6 Å². The van der Waals surface area contributed by atoms with Crippen LogP contribution in [-0.4, -0.2) is 23.0 Å². The van der Waals surface area contributed by atoms with E-state index >= 15 is 0 Å². The summed E-state index contributed by atoms with van der Waals surface area (Å²) in [6.45, 7) is 0. The van der Waals surface area contributed by atoms with Crippen LogP contribution in [0.5, 0.6) is 0 Å². The zero-order chi connectivity index (χ0) is 15.6. The zero-order valence-electron chi connectivity index (χ0n) is 11.9. The first kappa shape index (κ1) is 15.4. The molecule has 0 aliphatic rings. The Labute approximate surface area is 128 Å². The average molecular weight is 296 g/mol. The second kappa shape index (κ2) is 8.31. The molecule has 0 fully saturated rings. The highest BCUT2D eigenvalue weighted by Crippen LogP contribution is 2.05. The summed E-state index contributed by atoms with van der Waals surface area (Å²) in [5, 5.41) is 6.52. The van der Waals surface area contributed by atoms with E-state index < -0.39 is 0 Å². The fourth-order valence-electron chi connectivity index (χ4n) is 1.66. The molecular formula is C16H16N4O2. The van der Waals surface area contributed by atoms with Crippen LogP contribution >= 0.6 is 0 Å². The van der Waals surface area contributed by atoms with Gasteiger partial charge in [0, 0.05) is 36.5 Å². The van der Waals surface area contributed by atoms with Crippen molar-refractivity contribution in [2.75, 3.05) is 5.32 Å². The predicted molar refractivity (Wildman–Crippen MR) is 84.3 cm³/mol. The SMILES string of the molecule is O=C(CCC(=O)Nc1ccccc1)N/N=C\c1cccnc1. The molecule has 0 bridgehead atoms. The van der Waals surface area contributed by atoms with Crippen LogP contribution < -0.4 is 10.7 Å². The molecule has 22 heavy (non-hydrogen) atoms. The van der Waals surface area contributed by atoms with Crippen LogP contribution in [0.3, 0.4) is 0 Å². The van der Waals surface area contributed by atoms with E-state index in [9.17, 15) is 9.59 Å². The van der Waals surface area contributed by atoms with E-state index in [4.69, 9.17) is 0 Å². The van der Waals surface area contributed by atoms with Crippen LogP contribution in [0.1, 0.15) is 18.4 Å². The van der Waals surface area contributed by atoms with Crippen LogP contribution in [0, 0.1) is 0 Å². The van der Waals surface area contributed by atoms with Gasteiger partial charge in [-0.3, -0.25) is 14.6 Å². The molecule has 0 atom stereocenters. The number of hydrogen-bond acceptors (Lipinski definition) is 4. The molecule has 112 valence electrons. The lowest BCUT2D eigenvalue weighted by Crippen LogP contribution is -2.20. The van der Waals surface area contributed by atoms with E-state index in [1.807, 2.05) is 24.3 Å². The van der Waals surface area contributed by atoms with E-state index in [0.29, 0.717) is 5.69 Å². The molecule has 0 saturated heterocycles. The zero-order valence-corrected chi connectivity index (χ0v) is 11.9. The maximum atomic E-state index is 11.7. The van der Waals surface area contributed by atoms with E-state index in [0.717, 1.165) is 5.56 Å². The van der Waals surface area contributed by atoms with Gasteiger partial charge in [-0.2, -0.15) is 5.10 Å².